The molecule has 0 atom stereocenters. The minimum Gasteiger partial charge on any atom is -0.494 e. The topological polar surface area (TPSA) is 74.7 Å². The number of pyridine rings is 1. The molecule has 6 heteroatoms. The molecule has 0 aliphatic heterocycles. The van der Waals surface area contributed by atoms with Crippen molar-refractivity contribution in [1.82, 2.24) is 4.98 Å². The van der Waals surface area contributed by atoms with Gasteiger partial charge in [-0.3, -0.25) is 4.98 Å². The van der Waals surface area contributed by atoms with Crippen LogP contribution in [0.5, 0.6) is 11.5 Å². The molecule has 6 nitrogen and oxygen atoms in total. The Morgan fingerprint density at radius 2 is 1.36 bits per heavy atom. The molecule has 3 rings (SSSR count). The normalized spacial score (nSPS) is 10.3. The Hall–Kier alpha value is -3.93. The van der Waals surface area contributed by atoms with Crippen LogP contribution in [0.25, 0.3) is 11.1 Å². The first-order chi connectivity index (χ1) is 16.2. The number of carbonyl (C=O) groups excluding carboxylic acids is 2. The molecule has 0 amide bonds. The molecular formula is C27H27NO5. The van der Waals surface area contributed by atoms with Crippen molar-refractivity contribution in [3.8, 4) is 22.6 Å². The summed E-state index contributed by atoms with van der Waals surface area (Å²) in [7, 11) is 0. The first-order valence-corrected chi connectivity index (χ1v) is 10.9. The number of hydrogen-bond donors (Lipinski definition) is 0. The van der Waals surface area contributed by atoms with E-state index in [4.69, 9.17) is 14.2 Å². The third-order valence-corrected chi connectivity index (χ3v) is 4.89. The van der Waals surface area contributed by atoms with Crippen molar-refractivity contribution in [2.45, 2.75) is 25.7 Å². The Kier molecular flexibility index (Phi) is 9.21. The molecule has 0 unspecified atom stereocenters. The van der Waals surface area contributed by atoms with Crippen LogP contribution in [0.1, 0.15) is 36.0 Å². The van der Waals surface area contributed by atoms with E-state index in [9.17, 15) is 9.59 Å². The molecule has 0 N–H and O–H groups in total. The molecule has 33 heavy (non-hydrogen) atoms. The lowest BCUT2D eigenvalue weighted by molar-refractivity contribution is -0.137. The number of ether oxygens (including phenoxy) is 3. The third kappa shape index (κ3) is 7.92. The molecule has 1 aromatic heterocycles. The molecule has 0 aliphatic rings. The summed E-state index contributed by atoms with van der Waals surface area (Å²) in [6, 6.07) is 18.1. The fourth-order valence-electron chi connectivity index (χ4n) is 3.09. The van der Waals surface area contributed by atoms with E-state index in [0.29, 0.717) is 30.3 Å². The van der Waals surface area contributed by atoms with Crippen LogP contribution in [-0.2, 0) is 9.53 Å². The molecular weight excluding hydrogens is 418 g/mol. The quantitative estimate of drug-likeness (QED) is 0.156. The molecule has 0 saturated heterocycles. The van der Waals surface area contributed by atoms with Crippen LogP contribution >= 0.6 is 0 Å². The molecule has 0 spiro atoms. The first kappa shape index (κ1) is 23.7. The van der Waals surface area contributed by atoms with Gasteiger partial charge in [0.25, 0.3) is 0 Å². The minimum atomic E-state index is -0.421. The van der Waals surface area contributed by atoms with Crippen molar-refractivity contribution in [3.63, 3.8) is 0 Å². The SMILES string of the molecule is C=CC(=O)OCCCCCCOc1ccc(C(=O)Oc2ccc(-c3ccncc3)cc2)cc1. The van der Waals surface area contributed by atoms with E-state index >= 15 is 0 Å². The molecule has 0 saturated carbocycles. The number of esters is 2. The smallest absolute Gasteiger partial charge is 0.343 e. The predicted octanol–water partition coefficient (Wildman–Crippen LogP) is 5.64. The summed E-state index contributed by atoms with van der Waals surface area (Å²) in [6.45, 7) is 4.35. The van der Waals surface area contributed by atoms with E-state index in [1.54, 1.807) is 48.8 Å². The Morgan fingerprint density at radius 1 is 0.758 bits per heavy atom. The number of rotatable bonds is 12. The van der Waals surface area contributed by atoms with E-state index in [-0.39, 0.29) is 5.97 Å². The molecule has 0 bridgehead atoms. The lowest BCUT2D eigenvalue weighted by Crippen LogP contribution is -2.08. The lowest BCUT2D eigenvalue weighted by atomic mass is 10.1. The zero-order valence-electron chi connectivity index (χ0n) is 18.4. The van der Waals surface area contributed by atoms with Gasteiger partial charge in [-0.25, -0.2) is 9.59 Å². The van der Waals surface area contributed by atoms with Gasteiger partial charge in [-0.2, -0.15) is 0 Å². The first-order valence-electron chi connectivity index (χ1n) is 10.9. The highest BCUT2D eigenvalue weighted by Crippen LogP contribution is 2.22. The van der Waals surface area contributed by atoms with E-state index < -0.39 is 5.97 Å². The van der Waals surface area contributed by atoms with Crippen LogP contribution in [0, 0.1) is 0 Å². The maximum absolute atomic E-state index is 12.4. The van der Waals surface area contributed by atoms with Gasteiger partial charge >= 0.3 is 11.9 Å². The average molecular weight is 446 g/mol. The molecule has 3 aromatic rings. The number of hydrogen-bond acceptors (Lipinski definition) is 6. The summed E-state index contributed by atoms with van der Waals surface area (Å²) in [5.41, 5.74) is 2.52. The number of unbranched alkanes of at least 4 members (excludes halogenated alkanes) is 3. The Bertz CT molecular complexity index is 1030. The molecule has 0 aliphatic carbocycles. The molecule has 1 heterocycles. The summed E-state index contributed by atoms with van der Waals surface area (Å²) < 4.78 is 16.1. The zero-order valence-corrected chi connectivity index (χ0v) is 18.4. The summed E-state index contributed by atoms with van der Waals surface area (Å²) in [4.78, 5) is 27.4. The van der Waals surface area contributed by atoms with Gasteiger partial charge in [0.1, 0.15) is 11.5 Å². The molecule has 0 radical (unpaired) electrons. The van der Waals surface area contributed by atoms with E-state index in [1.165, 1.54) is 6.08 Å². The van der Waals surface area contributed by atoms with Gasteiger partial charge in [-0.05, 0) is 85.3 Å². The molecule has 2 aromatic carbocycles. The standard InChI is InChI=1S/C27H27NO5/c1-2-26(29)32-20-6-4-3-5-19-31-24-11-9-23(10-12-24)27(30)33-25-13-7-21(8-14-25)22-15-17-28-18-16-22/h2,7-18H,1,3-6,19-20H2. The van der Waals surface area contributed by atoms with Gasteiger partial charge in [-0.15, -0.1) is 0 Å². The van der Waals surface area contributed by atoms with Gasteiger partial charge < -0.3 is 14.2 Å². The van der Waals surface area contributed by atoms with Crippen LogP contribution in [0.3, 0.4) is 0 Å². The summed E-state index contributed by atoms with van der Waals surface area (Å²) in [5.74, 6) is 0.380. The van der Waals surface area contributed by atoms with Gasteiger partial charge in [0.2, 0.25) is 0 Å². The van der Waals surface area contributed by atoms with Crippen LogP contribution in [0.15, 0.2) is 85.7 Å². The van der Waals surface area contributed by atoms with Gasteiger partial charge in [0.05, 0.1) is 18.8 Å². The molecule has 0 fully saturated rings. The van der Waals surface area contributed by atoms with E-state index in [1.807, 2.05) is 24.3 Å². The Labute approximate surface area is 193 Å². The number of nitrogens with zero attached hydrogens (tertiary/aromatic N) is 1. The van der Waals surface area contributed by atoms with Crippen LogP contribution in [0.2, 0.25) is 0 Å². The van der Waals surface area contributed by atoms with Crippen molar-refractivity contribution in [2.24, 2.45) is 0 Å². The van der Waals surface area contributed by atoms with Crippen molar-refractivity contribution < 1.29 is 23.8 Å². The maximum Gasteiger partial charge on any atom is 0.343 e. The van der Waals surface area contributed by atoms with Crippen molar-refractivity contribution in [1.29, 1.82) is 0 Å². The van der Waals surface area contributed by atoms with Crippen molar-refractivity contribution in [3.05, 3.63) is 91.3 Å². The van der Waals surface area contributed by atoms with Crippen LogP contribution in [-0.4, -0.2) is 30.1 Å². The average Bonchev–Trinajstić information content (AvgIpc) is 2.86. The predicted molar refractivity (Wildman–Crippen MR) is 126 cm³/mol. The second-order valence-electron chi connectivity index (χ2n) is 7.31. The second kappa shape index (κ2) is 12.8. The second-order valence-corrected chi connectivity index (χ2v) is 7.31. The van der Waals surface area contributed by atoms with Crippen molar-refractivity contribution >= 4 is 11.9 Å². The van der Waals surface area contributed by atoms with Crippen LogP contribution < -0.4 is 9.47 Å². The zero-order chi connectivity index (χ0) is 23.3. The number of carbonyl (C=O) groups is 2. The lowest BCUT2D eigenvalue weighted by Gasteiger charge is -2.08. The number of benzene rings is 2. The van der Waals surface area contributed by atoms with Crippen LogP contribution in [0.4, 0.5) is 0 Å². The summed E-state index contributed by atoms with van der Waals surface area (Å²) in [6.07, 6.45) is 8.31. The van der Waals surface area contributed by atoms with E-state index in [0.717, 1.165) is 36.8 Å². The highest BCUT2D eigenvalue weighted by Gasteiger charge is 2.09. The highest BCUT2D eigenvalue weighted by atomic mass is 16.5. The minimum absolute atomic E-state index is 0.385. The largest absolute Gasteiger partial charge is 0.494 e. The maximum atomic E-state index is 12.4. The van der Waals surface area contributed by atoms with Gasteiger partial charge in [0.15, 0.2) is 0 Å². The fourth-order valence-corrected chi connectivity index (χ4v) is 3.09. The fraction of sp³-hybridized carbons (Fsp3) is 0.222. The highest BCUT2D eigenvalue weighted by molar-refractivity contribution is 5.91. The van der Waals surface area contributed by atoms with Gasteiger partial charge in [0, 0.05) is 18.5 Å². The monoisotopic (exact) mass is 445 g/mol. The summed E-state index contributed by atoms with van der Waals surface area (Å²) >= 11 is 0. The van der Waals surface area contributed by atoms with Crippen molar-refractivity contribution in [2.75, 3.05) is 13.2 Å². The van der Waals surface area contributed by atoms with E-state index in [2.05, 4.69) is 11.6 Å². The third-order valence-electron chi connectivity index (χ3n) is 4.89. The summed E-state index contributed by atoms with van der Waals surface area (Å²) in [5, 5.41) is 0. The van der Waals surface area contributed by atoms with Gasteiger partial charge in [-0.1, -0.05) is 18.7 Å². The Morgan fingerprint density at radius 3 is 2.03 bits per heavy atom. The Balaban J connectivity index is 1.37. The molecule has 170 valence electrons. The number of aromatic nitrogens is 1.